The van der Waals surface area contributed by atoms with Crippen LogP contribution in [-0.2, 0) is 19.2 Å². The highest BCUT2D eigenvalue weighted by Crippen LogP contribution is 2.56. The Hall–Kier alpha value is -1.65. The molecule has 0 aromatic heterocycles. The Morgan fingerprint density at radius 1 is 1.22 bits per heavy atom. The van der Waals surface area contributed by atoms with Crippen LogP contribution in [0.3, 0.4) is 0 Å². The number of sulfone groups is 1. The maximum absolute atomic E-state index is 12.2. The van der Waals surface area contributed by atoms with Crippen LogP contribution in [0.4, 0.5) is 0 Å². The number of carbonyl (C=O) groups is 1. The van der Waals surface area contributed by atoms with E-state index in [9.17, 15) is 27.6 Å². The predicted molar refractivity (Wildman–Crippen MR) is 78.0 cm³/mol. The molecule has 0 aliphatic heterocycles. The van der Waals surface area contributed by atoms with Crippen molar-refractivity contribution >= 4 is 23.3 Å². The van der Waals surface area contributed by atoms with Crippen LogP contribution >= 0.6 is 7.60 Å². The van der Waals surface area contributed by atoms with Crippen molar-refractivity contribution in [3.63, 3.8) is 0 Å². The molecule has 0 heterocycles. The third-order valence-corrected chi connectivity index (χ3v) is 7.08. The van der Waals surface area contributed by atoms with Crippen molar-refractivity contribution in [2.45, 2.75) is 4.99 Å². The van der Waals surface area contributed by atoms with Gasteiger partial charge in [0, 0.05) is 6.07 Å². The zero-order chi connectivity index (χ0) is 17.8. The Morgan fingerprint density at radius 2 is 1.70 bits per heavy atom. The lowest BCUT2D eigenvalue weighted by atomic mass is 10.2. The molecule has 1 amide bonds. The second-order valence-electron chi connectivity index (χ2n) is 4.43. The summed E-state index contributed by atoms with van der Waals surface area (Å²) < 4.78 is 45.9. The number of methoxy groups -OCH3 is 2. The topological polar surface area (TPSA) is 159 Å². The summed E-state index contributed by atoms with van der Waals surface area (Å²) in [5.41, 5.74) is 0.798. The van der Waals surface area contributed by atoms with Crippen molar-refractivity contribution in [2.75, 3.05) is 20.0 Å². The quantitative estimate of drug-likeness (QED) is 0.290. The highest BCUT2D eigenvalue weighted by Gasteiger charge is 2.43. The van der Waals surface area contributed by atoms with E-state index in [4.69, 9.17) is 14.7 Å². The third kappa shape index (κ3) is 4.91. The van der Waals surface area contributed by atoms with E-state index < -0.39 is 34.1 Å². The first-order valence-electron chi connectivity index (χ1n) is 5.98. The Labute approximate surface area is 132 Å². The van der Waals surface area contributed by atoms with Crippen molar-refractivity contribution in [3.05, 3.63) is 23.8 Å². The van der Waals surface area contributed by atoms with E-state index in [2.05, 4.69) is 0 Å². The third-order valence-electron chi connectivity index (χ3n) is 2.76. The summed E-state index contributed by atoms with van der Waals surface area (Å²) in [6, 6.07) is 3.61. The minimum atomic E-state index is -5.21. The molecule has 0 saturated heterocycles. The number of amides is 1. The SMILES string of the molecule is COc1cc(OC)cc(C(P(=O)(O)O)S(=O)(=O)CC(=O)NO)c1. The van der Waals surface area contributed by atoms with Crippen molar-refractivity contribution in [1.29, 1.82) is 0 Å². The number of hydrogen-bond acceptors (Lipinski definition) is 7. The molecule has 1 aromatic carbocycles. The molecule has 0 fully saturated rings. The van der Waals surface area contributed by atoms with Gasteiger partial charge in [-0.3, -0.25) is 14.6 Å². The monoisotopic (exact) mass is 369 g/mol. The standard InChI is InChI=1S/C11H16NO9PS/c1-20-8-3-7(4-9(5-8)21-2)11(22(15,16)17)23(18,19)6-10(13)12-14/h3-5,11,14H,6H2,1-2H3,(H,12,13)(H2,15,16,17). The maximum atomic E-state index is 12.2. The van der Waals surface area contributed by atoms with Gasteiger partial charge >= 0.3 is 7.60 Å². The van der Waals surface area contributed by atoms with Crippen LogP contribution < -0.4 is 15.0 Å². The van der Waals surface area contributed by atoms with Crippen LogP contribution in [-0.4, -0.2) is 49.3 Å². The number of hydrogen-bond donors (Lipinski definition) is 4. The van der Waals surface area contributed by atoms with Crippen molar-refractivity contribution in [2.24, 2.45) is 0 Å². The van der Waals surface area contributed by atoms with Gasteiger partial charge in [0.1, 0.15) is 17.3 Å². The molecule has 1 unspecified atom stereocenters. The summed E-state index contributed by atoms with van der Waals surface area (Å²) in [4.78, 5) is 27.7. The fraction of sp³-hybridized carbons (Fsp3) is 0.364. The van der Waals surface area contributed by atoms with Gasteiger partial charge < -0.3 is 19.3 Å². The highest BCUT2D eigenvalue weighted by molar-refractivity contribution is 7.98. The molecular weight excluding hydrogens is 353 g/mol. The molecule has 130 valence electrons. The van der Waals surface area contributed by atoms with E-state index in [1.165, 1.54) is 20.3 Å². The number of ether oxygens (including phenoxy) is 2. The van der Waals surface area contributed by atoms with Gasteiger partial charge in [-0.25, -0.2) is 13.9 Å². The second-order valence-corrected chi connectivity index (χ2v) is 8.56. The highest BCUT2D eigenvalue weighted by atomic mass is 32.2. The summed E-state index contributed by atoms with van der Waals surface area (Å²) in [6.45, 7) is 0. The van der Waals surface area contributed by atoms with Gasteiger partial charge in [-0.15, -0.1) is 0 Å². The lowest BCUT2D eigenvalue weighted by Crippen LogP contribution is -2.30. The number of nitrogens with one attached hydrogen (secondary N) is 1. The molecule has 12 heteroatoms. The molecule has 1 atom stereocenters. The molecule has 23 heavy (non-hydrogen) atoms. The molecular formula is C11H16NO9PS. The molecule has 4 N–H and O–H groups in total. The van der Waals surface area contributed by atoms with Crippen LogP contribution in [0.2, 0.25) is 0 Å². The van der Waals surface area contributed by atoms with Crippen molar-refractivity contribution in [1.82, 2.24) is 5.48 Å². The van der Waals surface area contributed by atoms with E-state index in [0.717, 1.165) is 17.6 Å². The second kappa shape index (κ2) is 7.28. The molecule has 0 radical (unpaired) electrons. The number of rotatable bonds is 7. The molecule has 0 aliphatic rings. The van der Waals surface area contributed by atoms with E-state index in [-0.39, 0.29) is 17.1 Å². The largest absolute Gasteiger partial charge is 0.497 e. The average Bonchev–Trinajstić information content (AvgIpc) is 2.44. The first kappa shape index (κ1) is 19.4. The van der Waals surface area contributed by atoms with Gasteiger partial charge in [0.05, 0.1) is 14.2 Å². The van der Waals surface area contributed by atoms with Gasteiger partial charge in [0.2, 0.25) is 0 Å². The Morgan fingerprint density at radius 3 is 2.04 bits per heavy atom. The van der Waals surface area contributed by atoms with Crippen LogP contribution in [0, 0.1) is 0 Å². The van der Waals surface area contributed by atoms with Gasteiger partial charge in [0.15, 0.2) is 14.8 Å². The summed E-state index contributed by atoms with van der Waals surface area (Å²) in [5, 5.41) is 8.42. The minimum absolute atomic E-state index is 0.111. The number of carbonyl (C=O) groups excluding carboxylic acids is 1. The van der Waals surface area contributed by atoms with Crippen LogP contribution in [0.5, 0.6) is 11.5 Å². The smallest absolute Gasteiger partial charge is 0.348 e. The van der Waals surface area contributed by atoms with Gasteiger partial charge in [-0.05, 0) is 17.7 Å². The molecule has 0 aliphatic carbocycles. The van der Waals surface area contributed by atoms with Gasteiger partial charge in [0.25, 0.3) is 5.91 Å². The van der Waals surface area contributed by atoms with Crippen LogP contribution in [0.25, 0.3) is 0 Å². The Balaban J connectivity index is 3.50. The normalized spacial score (nSPS) is 13.3. The molecule has 10 nitrogen and oxygen atoms in total. The fourth-order valence-electron chi connectivity index (χ4n) is 1.88. The number of hydroxylamine groups is 1. The van der Waals surface area contributed by atoms with E-state index >= 15 is 0 Å². The maximum Gasteiger partial charge on any atom is 0.348 e. The minimum Gasteiger partial charge on any atom is -0.497 e. The first-order valence-corrected chi connectivity index (χ1v) is 9.37. The first-order chi connectivity index (χ1) is 10.5. The molecule has 1 aromatic rings. The molecule has 0 spiro atoms. The summed E-state index contributed by atoms with van der Waals surface area (Å²) in [7, 11) is -7.29. The van der Waals surface area contributed by atoms with Crippen molar-refractivity contribution in [3.8, 4) is 11.5 Å². The zero-order valence-electron chi connectivity index (χ0n) is 12.2. The van der Waals surface area contributed by atoms with E-state index in [1.54, 1.807) is 0 Å². The zero-order valence-corrected chi connectivity index (χ0v) is 13.9. The van der Waals surface area contributed by atoms with Crippen LogP contribution in [0.1, 0.15) is 10.6 Å². The molecule has 0 bridgehead atoms. The van der Waals surface area contributed by atoms with Crippen LogP contribution in [0.15, 0.2) is 18.2 Å². The Bertz CT molecular complexity index is 705. The van der Waals surface area contributed by atoms with Gasteiger partial charge in [-0.1, -0.05) is 0 Å². The predicted octanol–water partition coefficient (Wildman–Crippen LogP) is -0.200. The van der Waals surface area contributed by atoms with Gasteiger partial charge in [-0.2, -0.15) is 0 Å². The summed E-state index contributed by atoms with van der Waals surface area (Å²) >= 11 is 0. The summed E-state index contributed by atoms with van der Waals surface area (Å²) in [5.74, 6) is -2.41. The average molecular weight is 369 g/mol. The lowest BCUT2D eigenvalue weighted by Gasteiger charge is -2.20. The fourth-order valence-corrected chi connectivity index (χ4v) is 5.45. The van der Waals surface area contributed by atoms with Crippen molar-refractivity contribution < 1.29 is 42.2 Å². The Kier molecular flexibility index (Phi) is 6.14. The molecule has 1 rings (SSSR count). The lowest BCUT2D eigenvalue weighted by molar-refractivity contribution is -0.126. The molecule has 0 saturated carbocycles. The van der Waals surface area contributed by atoms with E-state index in [0.29, 0.717) is 0 Å². The number of benzene rings is 1. The summed E-state index contributed by atoms with van der Waals surface area (Å²) in [6.07, 6.45) is 0. The van der Waals surface area contributed by atoms with E-state index in [1.807, 2.05) is 0 Å².